The van der Waals surface area contributed by atoms with Crippen LogP contribution in [-0.2, 0) is 0 Å². The molecule has 1 unspecified atom stereocenters. The van der Waals surface area contributed by atoms with E-state index in [-0.39, 0.29) is 19.0 Å². The first kappa shape index (κ1) is 16.5. The van der Waals surface area contributed by atoms with Gasteiger partial charge in [-0.05, 0) is 17.5 Å². The summed E-state index contributed by atoms with van der Waals surface area (Å²) in [5, 5.41) is 11.7. The highest BCUT2D eigenvalue weighted by Gasteiger charge is 2.45. The topological polar surface area (TPSA) is 45.1 Å². The molecule has 0 saturated carbocycles. The first-order chi connectivity index (χ1) is 9.60. The van der Waals surface area contributed by atoms with Crippen LogP contribution < -0.4 is 4.74 Å². The number of hydrogen-bond donors (Lipinski definition) is 1. The highest BCUT2D eigenvalue weighted by atomic mass is 35.5. The fourth-order valence-corrected chi connectivity index (χ4v) is 3.80. The largest absolute Gasteiger partial charge is 0.488 e. The summed E-state index contributed by atoms with van der Waals surface area (Å²) in [6.07, 6.45) is 0. The van der Waals surface area contributed by atoms with Crippen LogP contribution in [0.2, 0.25) is 0 Å². The van der Waals surface area contributed by atoms with Crippen molar-refractivity contribution in [2.75, 3.05) is 25.4 Å². The van der Waals surface area contributed by atoms with Crippen molar-refractivity contribution in [1.29, 1.82) is 0 Å². The van der Waals surface area contributed by atoms with Crippen molar-refractivity contribution in [3.63, 3.8) is 0 Å². The lowest BCUT2D eigenvalue weighted by Gasteiger charge is -2.31. The van der Waals surface area contributed by atoms with E-state index in [1.807, 2.05) is 23.1 Å². The number of rotatable bonds is 4. The van der Waals surface area contributed by atoms with Crippen molar-refractivity contribution >= 4 is 29.3 Å². The maximum Gasteiger partial charge on any atom is 0.184 e. The molecule has 4 nitrogen and oxygen atoms in total. The Morgan fingerprint density at radius 2 is 2.19 bits per heavy atom. The van der Waals surface area contributed by atoms with Crippen molar-refractivity contribution < 1.29 is 9.84 Å². The first-order valence-electron chi connectivity index (χ1n) is 6.99. The lowest BCUT2D eigenvalue weighted by Crippen LogP contribution is -2.51. The number of benzene rings is 1. The van der Waals surface area contributed by atoms with Gasteiger partial charge in [0.1, 0.15) is 12.4 Å². The van der Waals surface area contributed by atoms with Gasteiger partial charge in [-0.1, -0.05) is 43.8 Å². The number of nitrogens with zero attached hydrogens (tertiary/aromatic N) is 2. The monoisotopic (exact) mass is 328 g/mol. The number of amidine groups is 1. The van der Waals surface area contributed by atoms with E-state index in [9.17, 15) is 5.11 Å². The number of halogens is 1. The predicted octanol–water partition coefficient (Wildman–Crippen LogP) is 2.72. The molecule has 2 aliphatic heterocycles. The number of aliphatic hydroxyl groups is 1. The molecule has 1 aromatic rings. The Hall–Kier alpha value is -0.910. The molecule has 1 aromatic carbocycles. The molecular weight excluding hydrogens is 308 g/mol. The zero-order valence-electron chi connectivity index (χ0n) is 12.3. The molecule has 0 aliphatic carbocycles. The van der Waals surface area contributed by atoms with Gasteiger partial charge in [-0.15, -0.1) is 12.4 Å². The summed E-state index contributed by atoms with van der Waals surface area (Å²) in [5.41, 5.74) is 0.251. The Balaban J connectivity index is 0.00000161. The number of thioether (sulfide) groups is 1. The van der Waals surface area contributed by atoms with Gasteiger partial charge in [0, 0.05) is 6.54 Å². The van der Waals surface area contributed by atoms with Gasteiger partial charge in [-0.2, -0.15) is 0 Å². The average Bonchev–Trinajstić information content (AvgIpc) is 3.02. The molecule has 1 saturated heterocycles. The molecular formula is C15H21ClN2O2S. The standard InChI is InChI=1S/C15H20N2O2S.ClH/c1-11(2)12-5-3-4-6-13(12)19-9-15(18)10-20-14-16-7-8-17(14)15;/h3-6,11,18H,7-10H2,1-2H3;1H. The fraction of sp³-hybridized carbons (Fsp3) is 0.533. The van der Waals surface area contributed by atoms with Gasteiger partial charge in [0.15, 0.2) is 10.9 Å². The molecule has 0 aromatic heterocycles. The molecule has 1 atom stereocenters. The normalized spacial score (nSPS) is 23.8. The minimum Gasteiger partial charge on any atom is -0.488 e. The van der Waals surface area contributed by atoms with Gasteiger partial charge in [0.25, 0.3) is 0 Å². The molecule has 21 heavy (non-hydrogen) atoms. The van der Waals surface area contributed by atoms with Crippen LogP contribution in [0, 0.1) is 0 Å². The first-order valence-corrected chi connectivity index (χ1v) is 7.98. The van der Waals surface area contributed by atoms with Gasteiger partial charge >= 0.3 is 0 Å². The van der Waals surface area contributed by atoms with Crippen LogP contribution in [0.5, 0.6) is 5.75 Å². The van der Waals surface area contributed by atoms with Crippen LogP contribution in [-0.4, -0.2) is 46.3 Å². The number of aliphatic imine (C=N–C) groups is 1. The molecule has 1 N–H and O–H groups in total. The summed E-state index contributed by atoms with van der Waals surface area (Å²) in [7, 11) is 0. The van der Waals surface area contributed by atoms with Gasteiger partial charge in [-0.25, -0.2) is 0 Å². The van der Waals surface area contributed by atoms with E-state index in [0.29, 0.717) is 11.7 Å². The summed E-state index contributed by atoms with van der Waals surface area (Å²) < 4.78 is 5.93. The Morgan fingerprint density at radius 3 is 2.95 bits per heavy atom. The van der Waals surface area contributed by atoms with Crippen molar-refractivity contribution in [3.8, 4) is 5.75 Å². The summed E-state index contributed by atoms with van der Waals surface area (Å²) in [6.45, 7) is 6.13. The van der Waals surface area contributed by atoms with Crippen molar-refractivity contribution in [2.45, 2.75) is 25.5 Å². The second-order valence-electron chi connectivity index (χ2n) is 5.57. The predicted molar refractivity (Wildman–Crippen MR) is 89.7 cm³/mol. The van der Waals surface area contributed by atoms with Crippen LogP contribution in [0.1, 0.15) is 25.3 Å². The quantitative estimate of drug-likeness (QED) is 0.923. The smallest absolute Gasteiger partial charge is 0.184 e. The Morgan fingerprint density at radius 1 is 1.43 bits per heavy atom. The molecule has 0 spiro atoms. The van der Waals surface area contributed by atoms with Crippen molar-refractivity contribution in [1.82, 2.24) is 4.90 Å². The number of para-hydroxylation sites is 1. The molecule has 2 heterocycles. The van der Waals surface area contributed by atoms with E-state index in [2.05, 4.69) is 24.9 Å². The Bertz CT molecular complexity index is 538. The van der Waals surface area contributed by atoms with Crippen LogP contribution in [0.15, 0.2) is 29.3 Å². The maximum atomic E-state index is 10.8. The van der Waals surface area contributed by atoms with Crippen LogP contribution in [0.25, 0.3) is 0 Å². The molecule has 0 bridgehead atoms. The molecule has 0 radical (unpaired) electrons. The fourth-order valence-electron chi connectivity index (χ4n) is 2.60. The number of hydrogen-bond acceptors (Lipinski definition) is 5. The third-order valence-corrected chi connectivity index (χ3v) is 4.95. The van der Waals surface area contributed by atoms with Gasteiger partial charge in [0.2, 0.25) is 0 Å². The summed E-state index contributed by atoms with van der Waals surface area (Å²) in [5.74, 6) is 1.89. The van der Waals surface area contributed by atoms with Crippen molar-refractivity contribution in [3.05, 3.63) is 29.8 Å². The lowest BCUT2D eigenvalue weighted by molar-refractivity contribution is -0.0696. The molecule has 2 aliphatic rings. The van der Waals surface area contributed by atoms with E-state index in [1.165, 1.54) is 5.56 Å². The third-order valence-electron chi connectivity index (χ3n) is 3.74. The second kappa shape index (κ2) is 6.46. The summed E-state index contributed by atoms with van der Waals surface area (Å²) in [4.78, 5) is 6.35. The zero-order valence-corrected chi connectivity index (χ0v) is 13.9. The van der Waals surface area contributed by atoms with Gasteiger partial charge in [-0.3, -0.25) is 4.99 Å². The van der Waals surface area contributed by atoms with E-state index in [4.69, 9.17) is 4.74 Å². The SMILES string of the molecule is CC(C)c1ccccc1OCC1(O)CSC2=NCCN21.Cl. The van der Waals surface area contributed by atoms with Crippen LogP contribution in [0.3, 0.4) is 0 Å². The van der Waals surface area contributed by atoms with E-state index in [0.717, 1.165) is 24.0 Å². The van der Waals surface area contributed by atoms with Crippen molar-refractivity contribution in [2.24, 2.45) is 4.99 Å². The summed E-state index contributed by atoms with van der Waals surface area (Å²) >= 11 is 1.61. The molecule has 1 fully saturated rings. The average molecular weight is 329 g/mol. The highest BCUT2D eigenvalue weighted by Crippen LogP contribution is 2.35. The zero-order chi connectivity index (χ0) is 14.2. The van der Waals surface area contributed by atoms with E-state index >= 15 is 0 Å². The molecule has 116 valence electrons. The molecule has 6 heteroatoms. The van der Waals surface area contributed by atoms with E-state index < -0.39 is 5.72 Å². The van der Waals surface area contributed by atoms with Crippen LogP contribution >= 0.6 is 24.2 Å². The summed E-state index contributed by atoms with van der Waals surface area (Å²) in [6, 6.07) is 8.04. The highest BCUT2D eigenvalue weighted by molar-refractivity contribution is 8.14. The maximum absolute atomic E-state index is 10.8. The lowest BCUT2D eigenvalue weighted by atomic mass is 10.0. The molecule has 3 rings (SSSR count). The Labute approximate surface area is 136 Å². The van der Waals surface area contributed by atoms with Crippen LogP contribution in [0.4, 0.5) is 0 Å². The van der Waals surface area contributed by atoms with E-state index in [1.54, 1.807) is 11.8 Å². The Kier molecular flexibility index (Phi) is 5.07. The minimum atomic E-state index is -0.926. The number of ether oxygens (including phenoxy) is 1. The number of fused-ring (bicyclic) bond motifs is 1. The molecule has 0 amide bonds. The second-order valence-corrected chi connectivity index (χ2v) is 6.51. The third kappa shape index (κ3) is 3.15. The van der Waals surface area contributed by atoms with Gasteiger partial charge in [0.05, 0.1) is 12.3 Å². The van der Waals surface area contributed by atoms with Gasteiger partial charge < -0.3 is 14.7 Å². The minimum absolute atomic E-state index is 0.